The number of aromatic nitrogens is 1. The number of nitrogen functional groups attached to an aromatic ring is 1. The molecule has 4 heteroatoms. The first-order valence-electron chi connectivity index (χ1n) is 3.54. The maximum atomic E-state index is 5.30. The zero-order chi connectivity index (χ0) is 8.55. The summed E-state index contributed by atoms with van der Waals surface area (Å²) in [5.41, 5.74) is 5.30. The van der Waals surface area contributed by atoms with Crippen LogP contribution in [0.1, 0.15) is 5.76 Å². The predicted octanol–water partition coefficient (Wildman–Crippen LogP) is 1.83. The fraction of sp³-hybridized carbons (Fsp3) is 0.125. The van der Waals surface area contributed by atoms with Crippen LogP contribution < -0.4 is 5.73 Å². The minimum atomic E-state index is 0.152. The van der Waals surface area contributed by atoms with E-state index in [9.17, 15) is 0 Å². The molecule has 2 N–H and O–H groups in total. The number of oxazole rings is 1. The van der Waals surface area contributed by atoms with E-state index in [4.69, 9.17) is 14.6 Å². The van der Waals surface area contributed by atoms with Crippen molar-refractivity contribution < 1.29 is 8.83 Å². The molecule has 4 nitrogen and oxygen atoms in total. The van der Waals surface area contributed by atoms with Crippen LogP contribution in [0.15, 0.2) is 27.2 Å². The summed E-state index contributed by atoms with van der Waals surface area (Å²) in [6.45, 7) is 1.86. The molecule has 0 radical (unpaired) electrons. The Labute approximate surface area is 69.0 Å². The lowest BCUT2D eigenvalue weighted by molar-refractivity contribution is 0.512. The molecule has 0 aliphatic heterocycles. The van der Waals surface area contributed by atoms with Gasteiger partial charge in [-0.2, -0.15) is 0 Å². The van der Waals surface area contributed by atoms with Crippen molar-refractivity contribution in [3.05, 3.63) is 24.1 Å². The molecule has 0 fully saturated rings. The SMILES string of the molecule is Cc1ccc(-c2cnc(N)o2)o1. The average molecular weight is 164 g/mol. The molecular weight excluding hydrogens is 156 g/mol. The Morgan fingerprint density at radius 1 is 1.25 bits per heavy atom. The molecule has 2 heterocycles. The highest BCUT2D eigenvalue weighted by atomic mass is 16.4. The number of hydrogen-bond acceptors (Lipinski definition) is 4. The van der Waals surface area contributed by atoms with Gasteiger partial charge in [-0.3, -0.25) is 0 Å². The number of aryl methyl sites for hydroxylation is 1. The molecule has 2 aromatic rings. The van der Waals surface area contributed by atoms with Gasteiger partial charge in [0.15, 0.2) is 11.5 Å². The van der Waals surface area contributed by atoms with Crippen LogP contribution in [-0.4, -0.2) is 4.98 Å². The molecule has 12 heavy (non-hydrogen) atoms. The quantitative estimate of drug-likeness (QED) is 0.698. The van der Waals surface area contributed by atoms with Crippen molar-refractivity contribution in [2.45, 2.75) is 6.92 Å². The summed E-state index contributed by atoms with van der Waals surface area (Å²) in [5, 5.41) is 0. The van der Waals surface area contributed by atoms with Crippen LogP contribution in [0.25, 0.3) is 11.5 Å². The molecule has 0 unspecified atom stereocenters. The van der Waals surface area contributed by atoms with Crippen molar-refractivity contribution in [1.82, 2.24) is 4.98 Å². The van der Waals surface area contributed by atoms with Crippen LogP contribution in [0.3, 0.4) is 0 Å². The minimum absolute atomic E-state index is 0.152. The van der Waals surface area contributed by atoms with Gasteiger partial charge in [-0.25, -0.2) is 4.98 Å². The maximum absolute atomic E-state index is 5.30. The van der Waals surface area contributed by atoms with Crippen molar-refractivity contribution in [2.75, 3.05) is 5.73 Å². The van der Waals surface area contributed by atoms with Crippen LogP contribution in [0.4, 0.5) is 6.01 Å². The van der Waals surface area contributed by atoms with Crippen molar-refractivity contribution in [3.63, 3.8) is 0 Å². The summed E-state index contributed by atoms with van der Waals surface area (Å²) in [4.78, 5) is 3.75. The van der Waals surface area contributed by atoms with E-state index in [1.807, 2.05) is 19.1 Å². The molecular formula is C8H8N2O2. The number of furan rings is 1. The van der Waals surface area contributed by atoms with Gasteiger partial charge in [-0.05, 0) is 19.1 Å². The number of anilines is 1. The predicted molar refractivity (Wildman–Crippen MR) is 43.4 cm³/mol. The number of nitrogens with zero attached hydrogens (tertiary/aromatic N) is 1. The molecule has 62 valence electrons. The molecule has 0 aliphatic rings. The third-order valence-corrected chi connectivity index (χ3v) is 1.51. The van der Waals surface area contributed by atoms with Crippen LogP contribution >= 0.6 is 0 Å². The Morgan fingerprint density at radius 3 is 2.58 bits per heavy atom. The van der Waals surface area contributed by atoms with Crippen LogP contribution in [0, 0.1) is 6.92 Å². The number of nitrogens with two attached hydrogens (primary N) is 1. The normalized spacial score (nSPS) is 10.4. The first kappa shape index (κ1) is 6.97. The van der Waals surface area contributed by atoms with Crippen LogP contribution in [0.2, 0.25) is 0 Å². The standard InChI is InChI=1S/C8H8N2O2/c1-5-2-3-6(11-5)7-4-10-8(9)12-7/h2-4H,1H3,(H2,9,10). The summed E-state index contributed by atoms with van der Waals surface area (Å²) in [6.07, 6.45) is 1.54. The van der Waals surface area contributed by atoms with Crippen molar-refractivity contribution in [1.29, 1.82) is 0 Å². The highest BCUT2D eigenvalue weighted by Crippen LogP contribution is 2.22. The molecule has 0 amide bonds. The zero-order valence-corrected chi connectivity index (χ0v) is 6.57. The second-order valence-electron chi connectivity index (χ2n) is 2.47. The van der Waals surface area contributed by atoms with Gasteiger partial charge in [0.05, 0.1) is 6.20 Å². The molecule has 0 bridgehead atoms. The van der Waals surface area contributed by atoms with Gasteiger partial charge in [-0.15, -0.1) is 0 Å². The van der Waals surface area contributed by atoms with E-state index < -0.39 is 0 Å². The number of rotatable bonds is 1. The summed E-state index contributed by atoms with van der Waals surface area (Å²) < 4.78 is 10.3. The summed E-state index contributed by atoms with van der Waals surface area (Å²) in [6, 6.07) is 3.82. The molecule has 2 rings (SSSR count). The highest BCUT2D eigenvalue weighted by molar-refractivity contribution is 5.49. The Balaban J connectivity index is 2.43. The van der Waals surface area contributed by atoms with E-state index in [2.05, 4.69) is 4.98 Å². The second-order valence-corrected chi connectivity index (χ2v) is 2.47. The van der Waals surface area contributed by atoms with Crippen LogP contribution in [0.5, 0.6) is 0 Å². The molecule has 2 aromatic heterocycles. The fourth-order valence-corrected chi connectivity index (χ4v) is 0.968. The molecule has 0 aromatic carbocycles. The van der Waals surface area contributed by atoms with Gasteiger partial charge in [0.25, 0.3) is 6.01 Å². The average Bonchev–Trinajstić information content (AvgIpc) is 2.58. The minimum Gasteiger partial charge on any atom is -0.458 e. The summed E-state index contributed by atoms with van der Waals surface area (Å²) >= 11 is 0. The molecule has 0 atom stereocenters. The Kier molecular flexibility index (Phi) is 1.40. The third kappa shape index (κ3) is 1.07. The van der Waals surface area contributed by atoms with Gasteiger partial charge in [0.1, 0.15) is 5.76 Å². The lowest BCUT2D eigenvalue weighted by Gasteiger charge is -1.86. The largest absolute Gasteiger partial charge is 0.458 e. The molecule has 0 saturated heterocycles. The Bertz CT molecular complexity index is 351. The first-order chi connectivity index (χ1) is 5.75. The zero-order valence-electron chi connectivity index (χ0n) is 6.57. The molecule has 0 spiro atoms. The van der Waals surface area contributed by atoms with Gasteiger partial charge < -0.3 is 14.6 Å². The van der Waals surface area contributed by atoms with Gasteiger partial charge in [0, 0.05) is 0 Å². The van der Waals surface area contributed by atoms with E-state index in [-0.39, 0.29) is 6.01 Å². The van der Waals surface area contributed by atoms with Crippen LogP contribution in [-0.2, 0) is 0 Å². The van der Waals surface area contributed by atoms with E-state index >= 15 is 0 Å². The van der Waals surface area contributed by atoms with E-state index in [1.54, 1.807) is 0 Å². The van der Waals surface area contributed by atoms with Gasteiger partial charge in [0.2, 0.25) is 0 Å². The lowest BCUT2D eigenvalue weighted by atomic mass is 10.4. The second kappa shape index (κ2) is 2.41. The third-order valence-electron chi connectivity index (χ3n) is 1.51. The van der Waals surface area contributed by atoms with Gasteiger partial charge >= 0.3 is 0 Å². The Morgan fingerprint density at radius 2 is 2.08 bits per heavy atom. The topological polar surface area (TPSA) is 65.2 Å². The van der Waals surface area contributed by atoms with Crippen molar-refractivity contribution >= 4 is 6.01 Å². The first-order valence-corrected chi connectivity index (χ1v) is 3.54. The smallest absolute Gasteiger partial charge is 0.292 e. The Hall–Kier alpha value is -1.71. The van der Waals surface area contributed by atoms with Gasteiger partial charge in [-0.1, -0.05) is 0 Å². The van der Waals surface area contributed by atoms with E-state index in [0.29, 0.717) is 11.5 Å². The lowest BCUT2D eigenvalue weighted by Crippen LogP contribution is -1.79. The van der Waals surface area contributed by atoms with Crippen molar-refractivity contribution in [3.8, 4) is 11.5 Å². The van der Waals surface area contributed by atoms with E-state index in [0.717, 1.165) is 5.76 Å². The summed E-state index contributed by atoms with van der Waals surface area (Å²) in [7, 11) is 0. The van der Waals surface area contributed by atoms with Crippen molar-refractivity contribution in [2.24, 2.45) is 0 Å². The molecule has 0 saturated carbocycles. The fourth-order valence-electron chi connectivity index (χ4n) is 0.968. The monoisotopic (exact) mass is 164 g/mol. The number of hydrogen-bond donors (Lipinski definition) is 1. The molecule has 0 aliphatic carbocycles. The highest BCUT2D eigenvalue weighted by Gasteiger charge is 2.06. The summed E-state index contributed by atoms with van der Waals surface area (Å²) in [5.74, 6) is 2.04. The van der Waals surface area contributed by atoms with E-state index in [1.165, 1.54) is 6.20 Å². The maximum Gasteiger partial charge on any atom is 0.292 e.